The van der Waals surface area contributed by atoms with E-state index in [2.05, 4.69) is 5.32 Å². The number of ether oxygens (including phenoxy) is 1. The summed E-state index contributed by atoms with van der Waals surface area (Å²) in [6.45, 7) is 1.96. The maximum Gasteiger partial charge on any atom is 0.255 e. The van der Waals surface area contributed by atoms with Crippen LogP contribution in [0.15, 0.2) is 77.7 Å². The molecule has 0 aromatic heterocycles. The van der Waals surface area contributed by atoms with Gasteiger partial charge in [0.1, 0.15) is 5.75 Å². The Hall–Kier alpha value is -3.58. The highest BCUT2D eigenvalue weighted by Crippen LogP contribution is 2.34. The molecule has 0 aliphatic carbocycles. The molecule has 162 valence electrons. The quantitative estimate of drug-likeness (QED) is 0.557. The molecule has 0 bridgehead atoms. The van der Waals surface area contributed by atoms with Gasteiger partial charge in [0.05, 0.1) is 18.0 Å². The van der Waals surface area contributed by atoms with E-state index < -0.39 is 5.25 Å². The first kappa shape index (κ1) is 21.6. The van der Waals surface area contributed by atoms with Gasteiger partial charge >= 0.3 is 0 Å². The van der Waals surface area contributed by atoms with Gasteiger partial charge in [0.2, 0.25) is 11.8 Å². The highest BCUT2D eigenvalue weighted by molar-refractivity contribution is 8.00. The van der Waals surface area contributed by atoms with Gasteiger partial charge in [-0.25, -0.2) is 4.90 Å². The molecule has 1 heterocycles. The second kappa shape index (κ2) is 9.28. The lowest BCUT2D eigenvalue weighted by molar-refractivity contribution is -0.121. The average Bonchev–Trinajstić information content (AvgIpc) is 3.08. The summed E-state index contributed by atoms with van der Waals surface area (Å²) in [4.78, 5) is 39.8. The summed E-state index contributed by atoms with van der Waals surface area (Å²) in [5.74, 6) is 0.0580. The van der Waals surface area contributed by atoms with Crippen molar-refractivity contribution in [3.63, 3.8) is 0 Å². The van der Waals surface area contributed by atoms with Crippen LogP contribution < -0.4 is 15.0 Å². The first-order valence-electron chi connectivity index (χ1n) is 10.1. The number of amides is 3. The second-order valence-electron chi connectivity index (χ2n) is 7.42. The summed E-state index contributed by atoms with van der Waals surface area (Å²) in [6, 6.07) is 21.4. The van der Waals surface area contributed by atoms with Crippen molar-refractivity contribution in [2.75, 3.05) is 17.3 Å². The van der Waals surface area contributed by atoms with Crippen molar-refractivity contribution in [1.82, 2.24) is 0 Å². The Kier molecular flexibility index (Phi) is 6.28. The molecule has 1 unspecified atom stereocenters. The van der Waals surface area contributed by atoms with E-state index in [4.69, 9.17) is 4.74 Å². The molecule has 1 fully saturated rings. The number of benzene rings is 3. The lowest BCUT2D eigenvalue weighted by atomic mass is 10.2. The number of carbonyl (C=O) groups excluding carboxylic acids is 3. The lowest BCUT2D eigenvalue weighted by Crippen LogP contribution is -2.31. The minimum atomic E-state index is -0.469. The van der Waals surface area contributed by atoms with Gasteiger partial charge in [-0.15, -0.1) is 11.8 Å². The van der Waals surface area contributed by atoms with Crippen LogP contribution >= 0.6 is 11.8 Å². The van der Waals surface area contributed by atoms with Crippen molar-refractivity contribution < 1.29 is 19.1 Å². The van der Waals surface area contributed by atoms with E-state index in [0.29, 0.717) is 22.7 Å². The first-order chi connectivity index (χ1) is 15.4. The normalized spacial score (nSPS) is 15.7. The smallest absolute Gasteiger partial charge is 0.255 e. The number of methoxy groups -OCH3 is 1. The maximum absolute atomic E-state index is 12.8. The molecule has 3 amide bonds. The van der Waals surface area contributed by atoms with E-state index in [9.17, 15) is 14.4 Å². The van der Waals surface area contributed by atoms with Crippen molar-refractivity contribution in [1.29, 1.82) is 0 Å². The van der Waals surface area contributed by atoms with Crippen LogP contribution in [0.5, 0.6) is 5.75 Å². The number of hydrogen-bond acceptors (Lipinski definition) is 5. The molecular weight excluding hydrogens is 424 g/mol. The molecule has 6 nitrogen and oxygen atoms in total. The number of rotatable bonds is 6. The maximum atomic E-state index is 12.8. The van der Waals surface area contributed by atoms with Crippen molar-refractivity contribution in [3.05, 3.63) is 83.9 Å². The Morgan fingerprint density at radius 3 is 2.25 bits per heavy atom. The van der Waals surface area contributed by atoms with E-state index in [-0.39, 0.29) is 24.1 Å². The van der Waals surface area contributed by atoms with E-state index in [1.54, 1.807) is 55.6 Å². The number of hydrogen-bond donors (Lipinski definition) is 1. The molecule has 32 heavy (non-hydrogen) atoms. The number of nitrogens with zero attached hydrogens (tertiary/aromatic N) is 1. The number of thioether (sulfide) groups is 1. The topological polar surface area (TPSA) is 75.7 Å². The van der Waals surface area contributed by atoms with Crippen LogP contribution in [0.1, 0.15) is 22.3 Å². The average molecular weight is 447 g/mol. The molecule has 3 aromatic carbocycles. The molecule has 1 N–H and O–H groups in total. The Balaban J connectivity index is 1.39. The molecule has 1 aliphatic heterocycles. The van der Waals surface area contributed by atoms with Crippen LogP contribution in [0.4, 0.5) is 11.4 Å². The molecule has 1 aliphatic rings. The molecule has 0 radical (unpaired) electrons. The molecule has 0 saturated carbocycles. The largest absolute Gasteiger partial charge is 0.497 e. The molecule has 0 spiro atoms. The van der Waals surface area contributed by atoms with Crippen LogP contribution in [0.25, 0.3) is 0 Å². The predicted molar refractivity (Wildman–Crippen MR) is 125 cm³/mol. The van der Waals surface area contributed by atoms with Gasteiger partial charge in [-0.2, -0.15) is 0 Å². The summed E-state index contributed by atoms with van der Waals surface area (Å²) in [5, 5.41) is 2.38. The minimum absolute atomic E-state index is 0.160. The summed E-state index contributed by atoms with van der Waals surface area (Å²) in [5.41, 5.74) is 2.84. The Morgan fingerprint density at radius 1 is 0.969 bits per heavy atom. The van der Waals surface area contributed by atoms with Gasteiger partial charge in [-0.05, 0) is 67.6 Å². The van der Waals surface area contributed by atoms with Gasteiger partial charge in [-0.1, -0.05) is 17.7 Å². The fourth-order valence-electron chi connectivity index (χ4n) is 3.39. The van der Waals surface area contributed by atoms with Crippen LogP contribution in [0.2, 0.25) is 0 Å². The summed E-state index contributed by atoms with van der Waals surface area (Å²) in [6.07, 6.45) is 0.160. The van der Waals surface area contributed by atoms with E-state index in [1.807, 2.05) is 31.2 Å². The monoisotopic (exact) mass is 446 g/mol. The molecule has 3 aromatic rings. The standard InChI is InChI=1S/C25H22N2O4S/c1-16-3-9-19(10-4-16)27-23(28)15-22(25(27)30)32-21-13-7-18(8-14-21)26-24(29)17-5-11-20(31-2)12-6-17/h3-14,22H,15H2,1-2H3,(H,26,29). The number of imide groups is 1. The molecule has 7 heteroatoms. The third kappa shape index (κ3) is 4.68. The van der Waals surface area contributed by atoms with Crippen LogP contribution in [-0.2, 0) is 9.59 Å². The van der Waals surface area contributed by atoms with Crippen molar-refractivity contribution >= 4 is 40.9 Å². The summed E-state index contributed by atoms with van der Waals surface area (Å²) >= 11 is 1.35. The van der Waals surface area contributed by atoms with Crippen LogP contribution in [0, 0.1) is 6.92 Å². The van der Waals surface area contributed by atoms with Gasteiger partial charge in [0, 0.05) is 22.6 Å². The minimum Gasteiger partial charge on any atom is -0.497 e. The Labute approximate surface area is 190 Å². The van der Waals surface area contributed by atoms with E-state index in [1.165, 1.54) is 16.7 Å². The van der Waals surface area contributed by atoms with E-state index in [0.717, 1.165) is 10.5 Å². The number of aryl methyl sites for hydroxylation is 1. The first-order valence-corrected chi connectivity index (χ1v) is 11.0. The SMILES string of the molecule is COc1ccc(C(=O)Nc2ccc(SC3CC(=O)N(c4ccc(C)cc4)C3=O)cc2)cc1. The van der Waals surface area contributed by atoms with Gasteiger partial charge in [0.25, 0.3) is 5.91 Å². The fraction of sp³-hybridized carbons (Fsp3) is 0.160. The zero-order chi connectivity index (χ0) is 22.7. The summed E-state index contributed by atoms with van der Waals surface area (Å²) in [7, 11) is 1.57. The number of anilines is 2. The van der Waals surface area contributed by atoms with Gasteiger partial charge in [-0.3, -0.25) is 14.4 Å². The number of nitrogens with one attached hydrogen (secondary N) is 1. The number of carbonyl (C=O) groups is 3. The lowest BCUT2D eigenvalue weighted by Gasteiger charge is -2.15. The third-order valence-electron chi connectivity index (χ3n) is 5.14. The van der Waals surface area contributed by atoms with Crippen LogP contribution in [-0.4, -0.2) is 30.1 Å². The fourth-order valence-corrected chi connectivity index (χ4v) is 4.44. The van der Waals surface area contributed by atoms with E-state index >= 15 is 0 Å². The Morgan fingerprint density at radius 2 is 1.62 bits per heavy atom. The van der Waals surface area contributed by atoms with Gasteiger partial charge in [0.15, 0.2) is 0 Å². The Bertz CT molecular complexity index is 1140. The van der Waals surface area contributed by atoms with Crippen molar-refractivity contribution in [2.45, 2.75) is 23.5 Å². The van der Waals surface area contributed by atoms with Crippen molar-refractivity contribution in [2.24, 2.45) is 0 Å². The van der Waals surface area contributed by atoms with Gasteiger partial charge < -0.3 is 10.1 Å². The highest BCUT2D eigenvalue weighted by Gasteiger charge is 2.40. The predicted octanol–water partition coefficient (Wildman–Crippen LogP) is 4.68. The molecular formula is C25H22N2O4S. The molecule has 4 rings (SSSR count). The second-order valence-corrected chi connectivity index (χ2v) is 8.70. The van der Waals surface area contributed by atoms with Crippen LogP contribution in [0.3, 0.4) is 0 Å². The third-order valence-corrected chi connectivity index (χ3v) is 6.34. The molecule has 1 atom stereocenters. The zero-order valence-electron chi connectivity index (χ0n) is 17.7. The zero-order valence-corrected chi connectivity index (χ0v) is 18.5. The summed E-state index contributed by atoms with van der Waals surface area (Å²) < 4.78 is 5.10. The highest BCUT2D eigenvalue weighted by atomic mass is 32.2. The molecule has 1 saturated heterocycles. The van der Waals surface area contributed by atoms with Crippen molar-refractivity contribution in [3.8, 4) is 5.75 Å².